The van der Waals surface area contributed by atoms with Crippen LogP contribution >= 0.6 is 0 Å². The number of aromatic amines is 1. The van der Waals surface area contributed by atoms with Crippen LogP contribution in [0, 0.1) is 0 Å². The van der Waals surface area contributed by atoms with Crippen molar-refractivity contribution in [3.63, 3.8) is 0 Å². The van der Waals surface area contributed by atoms with E-state index in [0.29, 0.717) is 5.92 Å². The summed E-state index contributed by atoms with van der Waals surface area (Å²) in [4.78, 5) is 2.62. The minimum atomic E-state index is 0.614. The molecule has 1 fully saturated rings. The maximum Gasteiger partial charge on any atom is 0.0692 e. The molecule has 1 aliphatic heterocycles. The molecule has 3 heteroatoms. The second-order valence-corrected chi connectivity index (χ2v) is 7.97. The van der Waals surface area contributed by atoms with Gasteiger partial charge in [-0.15, -0.1) is 0 Å². The predicted octanol–water partition coefficient (Wildman–Crippen LogP) is 4.60. The molecule has 1 saturated heterocycles. The quantitative estimate of drug-likeness (QED) is 0.740. The number of benzene rings is 2. The van der Waals surface area contributed by atoms with Gasteiger partial charge in [-0.25, -0.2) is 0 Å². The van der Waals surface area contributed by atoms with E-state index in [0.717, 1.165) is 19.3 Å². The summed E-state index contributed by atoms with van der Waals surface area (Å²) in [5.74, 6) is 0.614. The highest BCUT2D eigenvalue weighted by Gasteiger charge is 2.28. The second-order valence-electron chi connectivity index (χ2n) is 7.97. The van der Waals surface area contributed by atoms with Crippen molar-refractivity contribution in [2.75, 3.05) is 19.6 Å². The summed E-state index contributed by atoms with van der Waals surface area (Å²) in [6.45, 7) is 3.55. The molecule has 0 bridgehead atoms. The normalized spacial score (nSPS) is 17.5. The summed E-state index contributed by atoms with van der Waals surface area (Å²) in [5, 5.41) is 8.17. The number of hydrogen-bond acceptors (Lipinski definition) is 2. The summed E-state index contributed by atoms with van der Waals surface area (Å²) in [7, 11) is 0. The molecule has 0 spiro atoms. The van der Waals surface area contributed by atoms with Crippen LogP contribution in [0.2, 0.25) is 0 Å². The molecule has 3 aromatic rings. The maximum absolute atomic E-state index is 4.80. The van der Waals surface area contributed by atoms with Crippen molar-refractivity contribution in [2.24, 2.45) is 0 Å². The maximum atomic E-state index is 4.80. The molecule has 27 heavy (non-hydrogen) atoms. The summed E-state index contributed by atoms with van der Waals surface area (Å²) in [5.41, 5.74) is 8.37. The smallest absolute Gasteiger partial charge is 0.0692 e. The minimum absolute atomic E-state index is 0.614. The van der Waals surface area contributed by atoms with Crippen LogP contribution < -0.4 is 0 Å². The number of nitrogens with one attached hydrogen (secondary N) is 1. The van der Waals surface area contributed by atoms with Gasteiger partial charge in [-0.3, -0.25) is 5.10 Å². The van der Waals surface area contributed by atoms with Crippen LogP contribution in [0.3, 0.4) is 0 Å². The van der Waals surface area contributed by atoms with Crippen molar-refractivity contribution >= 4 is 0 Å². The molecule has 138 valence electrons. The molecule has 2 heterocycles. The van der Waals surface area contributed by atoms with Crippen LogP contribution in [0.4, 0.5) is 0 Å². The van der Waals surface area contributed by atoms with Crippen LogP contribution in [0.1, 0.15) is 41.1 Å². The van der Waals surface area contributed by atoms with Crippen molar-refractivity contribution in [3.8, 4) is 11.3 Å². The molecule has 0 atom stereocenters. The van der Waals surface area contributed by atoms with Crippen molar-refractivity contribution in [3.05, 3.63) is 77.0 Å². The van der Waals surface area contributed by atoms with E-state index in [1.807, 2.05) is 0 Å². The largest absolute Gasteiger partial charge is 0.303 e. The molecular formula is C24H27N3. The Hall–Kier alpha value is -2.39. The fourth-order valence-electron chi connectivity index (χ4n) is 4.80. The summed E-state index contributed by atoms with van der Waals surface area (Å²) >= 11 is 0. The van der Waals surface area contributed by atoms with Gasteiger partial charge in [-0.2, -0.15) is 5.10 Å². The molecule has 3 nitrogen and oxygen atoms in total. The molecule has 2 aromatic carbocycles. The third-order valence-electron chi connectivity index (χ3n) is 6.36. The number of aryl methyl sites for hydroxylation is 1. The Morgan fingerprint density at radius 3 is 2.56 bits per heavy atom. The Balaban J connectivity index is 1.24. The van der Waals surface area contributed by atoms with E-state index in [2.05, 4.69) is 64.6 Å². The van der Waals surface area contributed by atoms with E-state index in [9.17, 15) is 0 Å². The SMILES string of the molecule is c1ccc(CCN2CCC(c3n[nH]c4c3CCc3ccccc3-4)CC2)cc1. The molecule has 5 rings (SSSR count). The van der Waals surface area contributed by atoms with E-state index in [1.54, 1.807) is 0 Å². The van der Waals surface area contributed by atoms with Gasteiger partial charge >= 0.3 is 0 Å². The van der Waals surface area contributed by atoms with Crippen molar-refractivity contribution in [2.45, 2.75) is 38.0 Å². The highest BCUT2D eigenvalue weighted by Crippen LogP contribution is 2.38. The number of nitrogens with zero attached hydrogens (tertiary/aromatic N) is 2. The van der Waals surface area contributed by atoms with Crippen molar-refractivity contribution in [1.29, 1.82) is 0 Å². The third-order valence-corrected chi connectivity index (χ3v) is 6.36. The van der Waals surface area contributed by atoms with Gasteiger partial charge < -0.3 is 4.90 Å². The summed E-state index contributed by atoms with van der Waals surface area (Å²) < 4.78 is 0. The van der Waals surface area contributed by atoms with E-state index in [4.69, 9.17) is 5.10 Å². The van der Waals surface area contributed by atoms with E-state index < -0.39 is 0 Å². The Morgan fingerprint density at radius 2 is 1.70 bits per heavy atom. The van der Waals surface area contributed by atoms with Gasteiger partial charge in [0, 0.05) is 23.6 Å². The molecule has 1 aromatic heterocycles. The van der Waals surface area contributed by atoms with Gasteiger partial charge in [-0.1, -0.05) is 54.6 Å². The first kappa shape index (κ1) is 16.8. The van der Waals surface area contributed by atoms with Crippen LogP contribution in [-0.4, -0.2) is 34.7 Å². The molecule has 0 saturated carbocycles. The number of fused-ring (bicyclic) bond motifs is 3. The first-order valence-corrected chi connectivity index (χ1v) is 10.3. The van der Waals surface area contributed by atoms with Crippen LogP contribution in [0.5, 0.6) is 0 Å². The number of hydrogen-bond donors (Lipinski definition) is 1. The highest BCUT2D eigenvalue weighted by atomic mass is 15.1. The molecule has 0 radical (unpaired) electrons. The number of H-pyrrole nitrogens is 1. The van der Waals surface area contributed by atoms with Gasteiger partial charge in [0.25, 0.3) is 0 Å². The van der Waals surface area contributed by atoms with Gasteiger partial charge in [0.1, 0.15) is 0 Å². The average molecular weight is 358 g/mol. The number of aromatic nitrogens is 2. The average Bonchev–Trinajstić information content (AvgIpc) is 3.18. The molecule has 1 aliphatic carbocycles. The highest BCUT2D eigenvalue weighted by molar-refractivity contribution is 5.70. The predicted molar refractivity (Wildman–Crippen MR) is 110 cm³/mol. The van der Waals surface area contributed by atoms with E-state index >= 15 is 0 Å². The fraction of sp³-hybridized carbons (Fsp3) is 0.375. The first-order chi connectivity index (χ1) is 13.4. The number of piperidine rings is 1. The molecule has 1 N–H and O–H groups in total. The Kier molecular flexibility index (Phi) is 4.54. The number of likely N-dealkylation sites (tertiary alicyclic amines) is 1. The van der Waals surface area contributed by atoms with E-state index in [1.165, 1.54) is 66.1 Å². The van der Waals surface area contributed by atoms with Crippen LogP contribution in [0.25, 0.3) is 11.3 Å². The molecular weight excluding hydrogens is 330 g/mol. The lowest BCUT2D eigenvalue weighted by Crippen LogP contribution is -2.34. The van der Waals surface area contributed by atoms with Crippen LogP contribution in [0.15, 0.2) is 54.6 Å². The number of rotatable bonds is 4. The third kappa shape index (κ3) is 3.32. The molecule has 0 amide bonds. The molecule has 2 aliphatic rings. The fourth-order valence-corrected chi connectivity index (χ4v) is 4.80. The summed E-state index contributed by atoms with van der Waals surface area (Å²) in [6.07, 6.45) is 5.89. The van der Waals surface area contributed by atoms with Gasteiger partial charge in [-0.05, 0) is 56.3 Å². The van der Waals surface area contributed by atoms with E-state index in [-0.39, 0.29) is 0 Å². The Labute approximate surface area is 161 Å². The van der Waals surface area contributed by atoms with Gasteiger partial charge in [0.05, 0.1) is 11.4 Å². The van der Waals surface area contributed by atoms with Gasteiger partial charge in [0.15, 0.2) is 0 Å². The Bertz CT molecular complexity index is 904. The lowest BCUT2D eigenvalue weighted by molar-refractivity contribution is 0.213. The zero-order valence-electron chi connectivity index (χ0n) is 15.8. The van der Waals surface area contributed by atoms with Crippen molar-refractivity contribution in [1.82, 2.24) is 15.1 Å². The zero-order chi connectivity index (χ0) is 18.1. The lowest BCUT2D eigenvalue weighted by Gasteiger charge is -2.32. The first-order valence-electron chi connectivity index (χ1n) is 10.3. The summed E-state index contributed by atoms with van der Waals surface area (Å²) in [6, 6.07) is 19.6. The molecule has 0 unspecified atom stereocenters. The second kappa shape index (κ2) is 7.32. The topological polar surface area (TPSA) is 31.9 Å². The standard InChI is InChI=1S/C24H27N3/c1-2-6-18(7-3-1)12-15-27-16-13-20(14-17-27)23-22-11-10-19-8-4-5-9-21(19)24(22)26-25-23/h1-9,20H,10-17H2,(H,25,26). The zero-order valence-corrected chi connectivity index (χ0v) is 15.8. The minimum Gasteiger partial charge on any atom is -0.303 e. The monoisotopic (exact) mass is 357 g/mol. The van der Waals surface area contributed by atoms with Gasteiger partial charge in [0.2, 0.25) is 0 Å². The van der Waals surface area contributed by atoms with Crippen LogP contribution in [-0.2, 0) is 19.3 Å². The van der Waals surface area contributed by atoms with Crippen molar-refractivity contribution < 1.29 is 0 Å². The lowest BCUT2D eigenvalue weighted by atomic mass is 9.84. The Morgan fingerprint density at radius 1 is 0.926 bits per heavy atom.